The van der Waals surface area contributed by atoms with E-state index in [1.54, 1.807) is 20.8 Å². The van der Waals surface area contributed by atoms with Gasteiger partial charge in [-0.1, -0.05) is 26.8 Å². The van der Waals surface area contributed by atoms with Gasteiger partial charge in [0, 0.05) is 29.2 Å². The average Bonchev–Trinajstić information content (AvgIpc) is 3.24. The fourth-order valence-electron chi connectivity index (χ4n) is 3.43. The maximum atomic E-state index is 14.1. The van der Waals surface area contributed by atoms with E-state index in [9.17, 15) is 32.3 Å². The van der Waals surface area contributed by atoms with Crippen LogP contribution in [0.2, 0.25) is 0 Å². The second-order valence-electron chi connectivity index (χ2n) is 9.38. The molecule has 0 spiro atoms. The van der Waals surface area contributed by atoms with Gasteiger partial charge in [-0.25, -0.2) is 18.6 Å². The van der Waals surface area contributed by atoms with Gasteiger partial charge in [0.05, 0.1) is 0 Å². The van der Waals surface area contributed by atoms with Crippen molar-refractivity contribution >= 4 is 12.0 Å². The first-order valence-electron chi connectivity index (χ1n) is 11.1. The monoisotopic (exact) mass is 539 g/mol. The van der Waals surface area contributed by atoms with Crippen LogP contribution in [0.3, 0.4) is 0 Å². The van der Waals surface area contributed by atoms with Crippen molar-refractivity contribution in [2.45, 2.75) is 46.5 Å². The van der Waals surface area contributed by atoms with E-state index in [1.165, 1.54) is 13.0 Å². The number of nitrogens with two attached hydrogens (primary N) is 1. The van der Waals surface area contributed by atoms with Crippen molar-refractivity contribution in [1.29, 1.82) is 0 Å². The number of phenols is 1. The Morgan fingerprint density at radius 2 is 1.82 bits per heavy atom. The van der Waals surface area contributed by atoms with Gasteiger partial charge in [-0.05, 0) is 31.2 Å². The highest BCUT2D eigenvalue weighted by atomic mass is 19.3. The number of rotatable bonds is 8. The van der Waals surface area contributed by atoms with Crippen LogP contribution in [0.15, 0.2) is 40.8 Å². The summed E-state index contributed by atoms with van der Waals surface area (Å²) >= 11 is 0. The molecule has 0 aliphatic carbocycles. The molecular formula is C25H25F4N3O6. The summed E-state index contributed by atoms with van der Waals surface area (Å²) in [5.41, 5.74) is 2.38. The molecule has 204 valence electrons. The lowest BCUT2D eigenvalue weighted by Crippen LogP contribution is -2.44. The molecule has 2 aromatic carbocycles. The van der Waals surface area contributed by atoms with Crippen molar-refractivity contribution in [3.05, 3.63) is 65.1 Å². The molecule has 0 radical (unpaired) electrons. The zero-order chi connectivity index (χ0) is 28.4. The number of nitrogens with zero attached hydrogens (tertiary/aromatic N) is 1. The van der Waals surface area contributed by atoms with E-state index >= 15 is 0 Å². The maximum Gasteiger partial charge on any atom is 0.405 e. The van der Waals surface area contributed by atoms with Gasteiger partial charge in [0.1, 0.15) is 11.6 Å². The summed E-state index contributed by atoms with van der Waals surface area (Å²) < 4.78 is 67.9. The summed E-state index contributed by atoms with van der Waals surface area (Å²) in [5, 5.41) is 12.5. The normalized spacial score (nSPS) is 13.2. The smallest absolute Gasteiger partial charge is 0.405 e. The van der Waals surface area contributed by atoms with Crippen LogP contribution in [-0.4, -0.2) is 28.7 Å². The molecule has 0 saturated carbocycles. The molecule has 0 fully saturated rings. The van der Waals surface area contributed by atoms with Crippen molar-refractivity contribution in [2.24, 2.45) is 11.1 Å². The summed E-state index contributed by atoms with van der Waals surface area (Å²) in [6, 6.07) is 6.14. The van der Waals surface area contributed by atoms with Crippen molar-refractivity contribution in [2.75, 3.05) is 0 Å². The number of benzene rings is 2. The number of nitrogens with one attached hydrogen (secondary N) is 1. The van der Waals surface area contributed by atoms with E-state index in [0.717, 1.165) is 24.3 Å². The molecule has 1 atom stereocenters. The fourth-order valence-corrected chi connectivity index (χ4v) is 3.43. The number of carbonyl (C=O) groups is 2. The van der Waals surface area contributed by atoms with E-state index < -0.39 is 52.8 Å². The molecule has 9 nitrogen and oxygen atoms in total. The molecule has 0 saturated heterocycles. The number of ether oxygens (including phenoxy) is 2. The molecule has 0 bridgehead atoms. The first-order valence-corrected chi connectivity index (χ1v) is 11.1. The molecule has 1 heterocycles. The van der Waals surface area contributed by atoms with E-state index in [1.807, 2.05) is 0 Å². The van der Waals surface area contributed by atoms with Crippen molar-refractivity contribution in [3.63, 3.8) is 0 Å². The summed E-state index contributed by atoms with van der Waals surface area (Å²) in [5.74, 6) is -4.20. The topological polar surface area (TPSA) is 137 Å². The van der Waals surface area contributed by atoms with E-state index in [4.69, 9.17) is 14.9 Å². The number of aromatic nitrogens is 1. The molecule has 1 unspecified atom stereocenters. The molecule has 0 aliphatic heterocycles. The van der Waals surface area contributed by atoms with E-state index in [0.29, 0.717) is 6.07 Å². The number of hydrogen-bond acceptors (Lipinski definition) is 7. The number of carbonyl (C=O) groups excluding carboxylic acids is 2. The highest BCUT2D eigenvalue weighted by Gasteiger charge is 2.49. The Morgan fingerprint density at radius 1 is 1.13 bits per heavy atom. The lowest BCUT2D eigenvalue weighted by Gasteiger charge is -2.38. The van der Waals surface area contributed by atoms with Gasteiger partial charge in [-0.2, -0.15) is 8.78 Å². The minimum absolute atomic E-state index is 0.0171. The fraction of sp³-hybridized carbons (Fsp3) is 0.320. The first-order chi connectivity index (χ1) is 17.6. The molecule has 0 aliphatic rings. The highest BCUT2D eigenvalue weighted by Crippen LogP contribution is 2.45. The Hall–Kier alpha value is -4.29. The third-order valence-electron chi connectivity index (χ3n) is 5.89. The van der Waals surface area contributed by atoms with Crippen molar-refractivity contribution in [3.8, 4) is 23.0 Å². The van der Waals surface area contributed by atoms with Gasteiger partial charge in [0.25, 0.3) is 5.91 Å². The Labute approximate surface area is 214 Å². The predicted octanol–water partition coefficient (Wildman–Crippen LogP) is 5.21. The number of phenolic OH excluding ortho intramolecular Hbond substituents is 1. The number of halogens is 4. The standard InChI is InChI=1S/C25H25F4N3O6/c1-24(2,3)25(4,38-23(30)35)19-18(20(34)31-11-13-5-7-14(26)10-15(13)27)32-21(37-19)12-6-8-17(16(33)9-12)36-22(28)29/h5-10,22,33H,11H2,1-4H3,(H2,30,35)(H,31,34). The molecule has 4 N–H and O–H groups in total. The van der Waals surface area contributed by atoms with Gasteiger partial charge in [-0.15, -0.1) is 0 Å². The second-order valence-corrected chi connectivity index (χ2v) is 9.38. The molecule has 13 heteroatoms. The van der Waals surface area contributed by atoms with Gasteiger partial charge in [0.2, 0.25) is 5.89 Å². The van der Waals surface area contributed by atoms with Crippen molar-refractivity contribution in [1.82, 2.24) is 10.3 Å². The summed E-state index contributed by atoms with van der Waals surface area (Å²) in [7, 11) is 0. The Balaban J connectivity index is 2.09. The summed E-state index contributed by atoms with van der Waals surface area (Å²) in [4.78, 5) is 29.2. The van der Waals surface area contributed by atoms with Crippen LogP contribution in [0, 0.1) is 17.0 Å². The first kappa shape index (κ1) is 28.3. The lowest BCUT2D eigenvalue weighted by atomic mass is 9.75. The zero-order valence-electron chi connectivity index (χ0n) is 20.8. The molecule has 3 aromatic rings. The van der Waals surface area contributed by atoms with E-state index in [-0.39, 0.29) is 35.0 Å². The third kappa shape index (κ3) is 5.98. The van der Waals surface area contributed by atoms with Crippen LogP contribution >= 0.6 is 0 Å². The maximum absolute atomic E-state index is 14.1. The minimum Gasteiger partial charge on any atom is -0.504 e. The summed E-state index contributed by atoms with van der Waals surface area (Å²) in [6.45, 7) is 2.94. The number of alkyl halides is 2. The Morgan fingerprint density at radius 3 is 2.37 bits per heavy atom. The number of oxazole rings is 1. The number of amides is 2. The van der Waals surface area contributed by atoms with Crippen LogP contribution in [0.5, 0.6) is 11.5 Å². The van der Waals surface area contributed by atoms with Crippen molar-refractivity contribution < 1.29 is 46.1 Å². The quantitative estimate of drug-likeness (QED) is 0.334. The van der Waals surface area contributed by atoms with Gasteiger partial charge in [0.15, 0.2) is 28.6 Å². The highest BCUT2D eigenvalue weighted by molar-refractivity contribution is 5.94. The minimum atomic E-state index is -3.18. The average molecular weight is 539 g/mol. The number of primary amides is 1. The second kappa shape index (κ2) is 10.6. The van der Waals surface area contributed by atoms with Crippen LogP contribution in [0.1, 0.15) is 49.5 Å². The van der Waals surface area contributed by atoms with Crippen LogP contribution in [0.25, 0.3) is 11.5 Å². The predicted molar refractivity (Wildman–Crippen MR) is 125 cm³/mol. The van der Waals surface area contributed by atoms with Gasteiger partial charge in [-0.3, -0.25) is 4.79 Å². The molecule has 38 heavy (non-hydrogen) atoms. The molecule has 2 amide bonds. The van der Waals surface area contributed by atoms with Crippen LogP contribution in [-0.2, 0) is 16.9 Å². The van der Waals surface area contributed by atoms with Crippen LogP contribution < -0.4 is 15.8 Å². The number of aromatic hydroxyl groups is 1. The number of hydrogen-bond donors (Lipinski definition) is 3. The molecule has 3 rings (SSSR count). The largest absolute Gasteiger partial charge is 0.504 e. The molecule has 1 aromatic heterocycles. The van der Waals surface area contributed by atoms with E-state index in [2.05, 4.69) is 15.0 Å². The molecular weight excluding hydrogens is 514 g/mol. The Kier molecular flexibility index (Phi) is 7.89. The lowest BCUT2D eigenvalue weighted by molar-refractivity contribution is -0.0707. The van der Waals surface area contributed by atoms with Gasteiger partial charge < -0.3 is 30.0 Å². The Bertz CT molecular complexity index is 1360. The van der Waals surface area contributed by atoms with Crippen LogP contribution in [0.4, 0.5) is 22.4 Å². The summed E-state index contributed by atoms with van der Waals surface area (Å²) in [6.07, 6.45) is -1.17. The SMILES string of the molecule is CC(C)(C)C(C)(OC(N)=O)c1oc(-c2ccc(OC(F)F)c(O)c2)nc1C(=O)NCc1ccc(F)cc1F. The third-order valence-corrected chi connectivity index (χ3v) is 5.89. The zero-order valence-corrected chi connectivity index (χ0v) is 20.8. The van der Waals surface area contributed by atoms with Gasteiger partial charge >= 0.3 is 12.7 Å².